The summed E-state index contributed by atoms with van der Waals surface area (Å²) in [5.74, 6) is 0.392. The molecule has 0 aliphatic carbocycles. The van der Waals surface area contributed by atoms with E-state index in [9.17, 15) is 4.39 Å². The van der Waals surface area contributed by atoms with Crippen LogP contribution in [0.2, 0.25) is 0 Å². The number of ether oxygens (including phenoxy) is 2. The lowest BCUT2D eigenvalue weighted by atomic mass is 10.1. The number of halogens is 1. The van der Waals surface area contributed by atoms with Crippen LogP contribution in [0.5, 0.6) is 5.75 Å². The lowest BCUT2D eigenvalue weighted by molar-refractivity contribution is 0.0889. The van der Waals surface area contributed by atoms with Gasteiger partial charge in [0, 0.05) is 0 Å². The topological polar surface area (TPSA) is 18.5 Å². The zero-order valence-electron chi connectivity index (χ0n) is 10.9. The summed E-state index contributed by atoms with van der Waals surface area (Å²) in [6.45, 7) is 3.60. The van der Waals surface area contributed by atoms with Gasteiger partial charge in [0.2, 0.25) is 0 Å². The Balaban J connectivity index is 1.66. The van der Waals surface area contributed by atoms with E-state index in [1.54, 1.807) is 12.1 Å². The van der Waals surface area contributed by atoms with Gasteiger partial charge < -0.3 is 9.47 Å². The van der Waals surface area contributed by atoms with E-state index in [2.05, 4.69) is 19.1 Å². The largest absolute Gasteiger partial charge is 0.491 e. The Kier molecular flexibility index (Phi) is 4.93. The molecule has 0 heterocycles. The molecular formula is C16H17FO2. The van der Waals surface area contributed by atoms with E-state index >= 15 is 0 Å². The van der Waals surface area contributed by atoms with Crippen molar-refractivity contribution in [1.82, 2.24) is 0 Å². The van der Waals surface area contributed by atoms with E-state index in [1.807, 2.05) is 12.1 Å². The van der Waals surface area contributed by atoms with Crippen LogP contribution in [0, 0.1) is 12.7 Å². The molecule has 0 bridgehead atoms. The smallest absolute Gasteiger partial charge is 0.123 e. The van der Waals surface area contributed by atoms with Crippen LogP contribution in [0.1, 0.15) is 11.1 Å². The Morgan fingerprint density at radius 3 is 2.53 bits per heavy atom. The Bertz CT molecular complexity index is 508. The Morgan fingerprint density at radius 2 is 1.79 bits per heavy atom. The molecule has 0 aromatic heterocycles. The maximum absolute atomic E-state index is 12.7. The predicted octanol–water partition coefficient (Wildman–Crippen LogP) is 3.73. The van der Waals surface area contributed by atoms with Crippen molar-refractivity contribution in [2.45, 2.75) is 13.5 Å². The van der Waals surface area contributed by atoms with Crippen molar-refractivity contribution < 1.29 is 13.9 Å². The summed E-state index contributed by atoms with van der Waals surface area (Å²) < 4.78 is 23.6. The van der Waals surface area contributed by atoms with Crippen LogP contribution in [-0.4, -0.2) is 13.2 Å². The van der Waals surface area contributed by atoms with Crippen LogP contribution in [0.15, 0.2) is 48.5 Å². The van der Waals surface area contributed by atoms with Crippen molar-refractivity contribution in [3.8, 4) is 5.75 Å². The SMILES string of the molecule is Cc1cccc(COCCOc2ccc(F)cc2)c1. The minimum atomic E-state index is -0.261. The fraction of sp³-hybridized carbons (Fsp3) is 0.250. The van der Waals surface area contributed by atoms with Gasteiger partial charge in [0.05, 0.1) is 13.2 Å². The van der Waals surface area contributed by atoms with Gasteiger partial charge in [-0.2, -0.15) is 0 Å². The van der Waals surface area contributed by atoms with E-state index in [0.717, 1.165) is 5.56 Å². The van der Waals surface area contributed by atoms with E-state index in [1.165, 1.54) is 17.7 Å². The number of hydrogen-bond acceptors (Lipinski definition) is 2. The number of benzene rings is 2. The summed E-state index contributed by atoms with van der Waals surface area (Å²) in [5, 5.41) is 0. The Hall–Kier alpha value is -1.87. The summed E-state index contributed by atoms with van der Waals surface area (Å²) in [7, 11) is 0. The first-order chi connectivity index (χ1) is 9.24. The first-order valence-electron chi connectivity index (χ1n) is 6.26. The molecule has 2 aromatic rings. The molecule has 19 heavy (non-hydrogen) atoms. The molecule has 0 fully saturated rings. The minimum Gasteiger partial charge on any atom is -0.491 e. The minimum absolute atomic E-state index is 0.261. The van der Waals surface area contributed by atoms with Gasteiger partial charge in [0.25, 0.3) is 0 Å². The van der Waals surface area contributed by atoms with Crippen molar-refractivity contribution in [2.75, 3.05) is 13.2 Å². The first kappa shape index (κ1) is 13.6. The monoisotopic (exact) mass is 260 g/mol. The van der Waals surface area contributed by atoms with Gasteiger partial charge in [0.15, 0.2) is 0 Å². The Morgan fingerprint density at radius 1 is 1.00 bits per heavy atom. The third-order valence-electron chi connectivity index (χ3n) is 2.66. The standard InChI is InChI=1S/C16H17FO2/c1-13-3-2-4-14(11-13)12-18-9-10-19-16-7-5-15(17)6-8-16/h2-8,11H,9-10,12H2,1H3. The summed E-state index contributed by atoms with van der Waals surface area (Å²) in [5.41, 5.74) is 2.38. The molecule has 2 aromatic carbocycles. The number of rotatable bonds is 6. The molecule has 0 N–H and O–H groups in total. The van der Waals surface area contributed by atoms with Crippen LogP contribution in [0.4, 0.5) is 4.39 Å². The van der Waals surface area contributed by atoms with Crippen LogP contribution >= 0.6 is 0 Å². The molecule has 3 heteroatoms. The lowest BCUT2D eigenvalue weighted by Gasteiger charge is -2.07. The van der Waals surface area contributed by atoms with Gasteiger partial charge in [-0.05, 0) is 36.8 Å². The molecule has 0 saturated carbocycles. The second-order valence-corrected chi connectivity index (χ2v) is 4.34. The number of aryl methyl sites for hydroxylation is 1. The van der Waals surface area contributed by atoms with Crippen molar-refractivity contribution in [3.05, 3.63) is 65.5 Å². The second kappa shape index (κ2) is 6.90. The number of hydrogen-bond donors (Lipinski definition) is 0. The highest BCUT2D eigenvalue weighted by atomic mass is 19.1. The van der Waals surface area contributed by atoms with Gasteiger partial charge in [-0.25, -0.2) is 4.39 Å². The Labute approximate surface area is 112 Å². The molecule has 0 unspecified atom stereocenters. The van der Waals surface area contributed by atoms with Crippen molar-refractivity contribution in [2.24, 2.45) is 0 Å². The molecule has 100 valence electrons. The summed E-state index contributed by atoms with van der Waals surface area (Å²) in [6.07, 6.45) is 0. The van der Waals surface area contributed by atoms with Crippen molar-refractivity contribution in [3.63, 3.8) is 0 Å². The lowest BCUT2D eigenvalue weighted by Crippen LogP contribution is -2.06. The van der Waals surface area contributed by atoms with Crippen LogP contribution in [-0.2, 0) is 11.3 Å². The van der Waals surface area contributed by atoms with Gasteiger partial charge in [-0.15, -0.1) is 0 Å². The van der Waals surface area contributed by atoms with Crippen molar-refractivity contribution in [1.29, 1.82) is 0 Å². The van der Waals surface area contributed by atoms with E-state index in [0.29, 0.717) is 25.6 Å². The molecule has 0 radical (unpaired) electrons. The van der Waals surface area contributed by atoms with Gasteiger partial charge >= 0.3 is 0 Å². The molecule has 0 atom stereocenters. The van der Waals surface area contributed by atoms with E-state index in [4.69, 9.17) is 9.47 Å². The van der Waals surface area contributed by atoms with Crippen LogP contribution in [0.3, 0.4) is 0 Å². The highest BCUT2D eigenvalue weighted by Gasteiger charge is 1.96. The van der Waals surface area contributed by atoms with E-state index in [-0.39, 0.29) is 5.82 Å². The average molecular weight is 260 g/mol. The molecule has 2 rings (SSSR count). The fourth-order valence-electron chi connectivity index (χ4n) is 1.74. The fourth-order valence-corrected chi connectivity index (χ4v) is 1.74. The van der Waals surface area contributed by atoms with Crippen LogP contribution < -0.4 is 4.74 Å². The average Bonchev–Trinajstić information content (AvgIpc) is 2.41. The zero-order valence-corrected chi connectivity index (χ0v) is 10.9. The molecule has 0 amide bonds. The molecule has 0 saturated heterocycles. The maximum Gasteiger partial charge on any atom is 0.123 e. The molecule has 0 aliphatic heterocycles. The molecule has 2 nitrogen and oxygen atoms in total. The van der Waals surface area contributed by atoms with Gasteiger partial charge in [-0.3, -0.25) is 0 Å². The highest BCUT2D eigenvalue weighted by molar-refractivity contribution is 5.22. The third-order valence-corrected chi connectivity index (χ3v) is 2.66. The van der Waals surface area contributed by atoms with E-state index < -0.39 is 0 Å². The maximum atomic E-state index is 12.7. The normalized spacial score (nSPS) is 10.4. The summed E-state index contributed by atoms with van der Waals surface area (Å²) >= 11 is 0. The van der Waals surface area contributed by atoms with Gasteiger partial charge in [-0.1, -0.05) is 29.8 Å². The van der Waals surface area contributed by atoms with Crippen LogP contribution in [0.25, 0.3) is 0 Å². The first-order valence-corrected chi connectivity index (χ1v) is 6.26. The third kappa shape index (κ3) is 4.72. The summed E-state index contributed by atoms with van der Waals surface area (Å²) in [6, 6.07) is 14.2. The zero-order chi connectivity index (χ0) is 13.5. The molecule has 0 aliphatic rings. The quantitative estimate of drug-likeness (QED) is 0.737. The molecular weight excluding hydrogens is 243 g/mol. The second-order valence-electron chi connectivity index (χ2n) is 4.34. The highest BCUT2D eigenvalue weighted by Crippen LogP contribution is 2.11. The van der Waals surface area contributed by atoms with Crippen molar-refractivity contribution >= 4 is 0 Å². The summed E-state index contributed by atoms with van der Waals surface area (Å²) in [4.78, 5) is 0. The molecule has 0 spiro atoms. The predicted molar refractivity (Wildman–Crippen MR) is 72.7 cm³/mol. The van der Waals surface area contributed by atoms with Gasteiger partial charge in [0.1, 0.15) is 18.2 Å².